The van der Waals surface area contributed by atoms with Crippen LogP contribution in [0.3, 0.4) is 0 Å². The highest BCUT2D eigenvalue weighted by Crippen LogP contribution is 2.22. The van der Waals surface area contributed by atoms with E-state index in [0.717, 1.165) is 10.6 Å². The maximum atomic E-state index is 11.6. The van der Waals surface area contributed by atoms with E-state index >= 15 is 0 Å². The van der Waals surface area contributed by atoms with Gasteiger partial charge in [-0.1, -0.05) is 32.9 Å². The normalized spacial score (nSPS) is 12.8. The summed E-state index contributed by atoms with van der Waals surface area (Å²) < 4.78 is 0. The monoisotopic (exact) mass is 238 g/mol. The zero-order chi connectivity index (χ0) is 12.1. The van der Waals surface area contributed by atoms with Crippen LogP contribution in [0.25, 0.3) is 0 Å². The molecule has 0 saturated heterocycles. The van der Waals surface area contributed by atoms with Crippen LogP contribution in [0.5, 0.6) is 0 Å². The molecular formula is C13H18O2S. The van der Waals surface area contributed by atoms with E-state index in [4.69, 9.17) is 0 Å². The zero-order valence-corrected chi connectivity index (χ0v) is 10.8. The topological polar surface area (TPSA) is 37.3 Å². The van der Waals surface area contributed by atoms with Gasteiger partial charge in [0.1, 0.15) is 6.10 Å². The van der Waals surface area contributed by atoms with Crippen molar-refractivity contribution in [3.05, 3.63) is 29.8 Å². The molecule has 1 N–H and O–H groups in total. The van der Waals surface area contributed by atoms with E-state index in [0.29, 0.717) is 5.56 Å². The fraction of sp³-hybridized carbons (Fsp3) is 0.462. The Bertz CT molecular complexity index is 343. The molecule has 0 fully saturated rings. The van der Waals surface area contributed by atoms with Gasteiger partial charge in [-0.05, 0) is 23.4 Å². The first-order chi connectivity index (χ1) is 7.56. The lowest BCUT2D eigenvalue weighted by Crippen LogP contribution is -2.17. The Morgan fingerprint density at radius 1 is 1.31 bits per heavy atom. The van der Waals surface area contributed by atoms with Crippen LogP contribution < -0.4 is 0 Å². The summed E-state index contributed by atoms with van der Waals surface area (Å²) in [6, 6.07) is 7.53. The molecule has 0 saturated carbocycles. The molecule has 0 spiro atoms. The smallest absolute Gasteiger partial charge is 0.168 e. The molecule has 0 aliphatic heterocycles. The molecule has 88 valence electrons. The Morgan fingerprint density at radius 2 is 1.88 bits per heavy atom. The van der Waals surface area contributed by atoms with Crippen molar-refractivity contribution in [1.82, 2.24) is 0 Å². The minimum Gasteiger partial charge on any atom is -0.381 e. The molecule has 1 unspecified atom stereocenters. The van der Waals surface area contributed by atoms with Gasteiger partial charge in [0.25, 0.3) is 0 Å². The number of carbonyl (C=O) groups excluding carboxylic acids is 1. The number of aliphatic hydroxyl groups is 1. The number of benzene rings is 1. The summed E-state index contributed by atoms with van der Waals surface area (Å²) in [5, 5.41) is 9.82. The van der Waals surface area contributed by atoms with Gasteiger partial charge in [-0.15, -0.1) is 11.8 Å². The van der Waals surface area contributed by atoms with E-state index in [1.165, 1.54) is 0 Å². The van der Waals surface area contributed by atoms with Crippen LogP contribution in [0.2, 0.25) is 0 Å². The molecule has 0 amide bonds. The third-order valence-corrected chi connectivity index (χ3v) is 3.24. The molecule has 0 aliphatic rings. The predicted octanol–water partition coefficient (Wildman–Crippen LogP) is 3.06. The minimum absolute atomic E-state index is 0.129. The van der Waals surface area contributed by atoms with Gasteiger partial charge in [-0.2, -0.15) is 0 Å². The molecule has 1 atom stereocenters. The average Bonchev–Trinajstić information content (AvgIpc) is 2.28. The van der Waals surface area contributed by atoms with Gasteiger partial charge >= 0.3 is 0 Å². The average molecular weight is 238 g/mol. The number of aliphatic hydroxyl groups excluding tert-OH is 1. The van der Waals surface area contributed by atoms with Crippen molar-refractivity contribution in [2.45, 2.75) is 31.8 Å². The fourth-order valence-corrected chi connectivity index (χ4v) is 2.05. The summed E-state index contributed by atoms with van der Waals surface area (Å²) in [6.45, 7) is 5.69. The van der Waals surface area contributed by atoms with Gasteiger partial charge in [0.2, 0.25) is 0 Å². The Hall–Kier alpha value is -0.800. The number of rotatable bonds is 5. The number of ketones is 1. The minimum atomic E-state index is -0.985. The molecule has 0 bridgehead atoms. The summed E-state index contributed by atoms with van der Waals surface area (Å²) in [5.74, 6) is 0.753. The van der Waals surface area contributed by atoms with Crippen LogP contribution in [-0.2, 0) is 4.79 Å². The van der Waals surface area contributed by atoms with E-state index in [1.54, 1.807) is 25.6 Å². The van der Waals surface area contributed by atoms with E-state index < -0.39 is 6.10 Å². The first kappa shape index (κ1) is 13.3. The van der Waals surface area contributed by atoms with Crippen molar-refractivity contribution in [2.75, 3.05) is 5.75 Å². The summed E-state index contributed by atoms with van der Waals surface area (Å²) in [5.41, 5.74) is 0.680. The second-order valence-electron chi connectivity index (χ2n) is 3.96. The largest absolute Gasteiger partial charge is 0.381 e. The number of thioether (sulfide) groups is 1. The molecule has 0 aliphatic carbocycles. The van der Waals surface area contributed by atoms with E-state index in [9.17, 15) is 9.90 Å². The highest BCUT2D eigenvalue weighted by atomic mass is 32.2. The molecule has 0 aromatic heterocycles. The SMILES string of the molecule is CCSc1ccc(C(O)C(=O)C(C)C)cc1. The van der Waals surface area contributed by atoms with Crippen LogP contribution in [-0.4, -0.2) is 16.6 Å². The summed E-state index contributed by atoms with van der Waals surface area (Å²) >= 11 is 1.74. The molecular weight excluding hydrogens is 220 g/mol. The van der Waals surface area contributed by atoms with Gasteiger partial charge in [0, 0.05) is 10.8 Å². The maximum absolute atomic E-state index is 11.6. The van der Waals surface area contributed by atoms with Crippen molar-refractivity contribution < 1.29 is 9.90 Å². The first-order valence-corrected chi connectivity index (χ1v) is 6.49. The van der Waals surface area contributed by atoms with Crippen LogP contribution in [0.4, 0.5) is 0 Å². The first-order valence-electron chi connectivity index (χ1n) is 5.50. The lowest BCUT2D eigenvalue weighted by Gasteiger charge is -2.12. The third kappa shape index (κ3) is 3.35. The quantitative estimate of drug-likeness (QED) is 0.801. The van der Waals surface area contributed by atoms with Gasteiger partial charge in [-0.25, -0.2) is 0 Å². The van der Waals surface area contributed by atoms with Crippen LogP contribution in [0.15, 0.2) is 29.2 Å². The molecule has 1 aromatic carbocycles. The number of hydrogen-bond acceptors (Lipinski definition) is 3. The lowest BCUT2D eigenvalue weighted by molar-refractivity contribution is -0.130. The van der Waals surface area contributed by atoms with E-state index in [1.807, 2.05) is 24.3 Å². The third-order valence-electron chi connectivity index (χ3n) is 2.35. The second-order valence-corrected chi connectivity index (χ2v) is 5.30. The Balaban J connectivity index is 2.77. The number of hydrogen-bond donors (Lipinski definition) is 1. The molecule has 1 rings (SSSR count). The highest BCUT2D eigenvalue weighted by molar-refractivity contribution is 7.99. The summed E-state index contributed by atoms with van der Waals surface area (Å²) in [4.78, 5) is 12.8. The molecule has 2 nitrogen and oxygen atoms in total. The van der Waals surface area contributed by atoms with Crippen molar-refractivity contribution in [3.8, 4) is 0 Å². The molecule has 3 heteroatoms. The number of Topliss-reactive ketones (excluding diaryl/α,β-unsaturated/α-hetero) is 1. The van der Waals surface area contributed by atoms with Crippen molar-refractivity contribution >= 4 is 17.5 Å². The number of carbonyl (C=O) groups is 1. The van der Waals surface area contributed by atoms with E-state index in [-0.39, 0.29) is 11.7 Å². The summed E-state index contributed by atoms with van der Waals surface area (Å²) in [6.07, 6.45) is -0.985. The lowest BCUT2D eigenvalue weighted by atomic mass is 9.98. The van der Waals surface area contributed by atoms with Crippen molar-refractivity contribution in [1.29, 1.82) is 0 Å². The Morgan fingerprint density at radius 3 is 2.31 bits per heavy atom. The Labute approximate surface area is 101 Å². The van der Waals surface area contributed by atoms with Gasteiger partial charge in [-0.3, -0.25) is 4.79 Å². The molecule has 1 aromatic rings. The fourth-order valence-electron chi connectivity index (χ4n) is 1.39. The zero-order valence-electron chi connectivity index (χ0n) is 9.93. The molecule has 0 radical (unpaired) electrons. The van der Waals surface area contributed by atoms with Crippen molar-refractivity contribution in [3.63, 3.8) is 0 Å². The van der Waals surface area contributed by atoms with Gasteiger partial charge < -0.3 is 5.11 Å². The Kier molecular flexibility index (Phi) is 5.03. The van der Waals surface area contributed by atoms with Gasteiger partial charge in [0.05, 0.1) is 0 Å². The molecule has 16 heavy (non-hydrogen) atoms. The van der Waals surface area contributed by atoms with Crippen LogP contribution in [0.1, 0.15) is 32.4 Å². The standard InChI is InChI=1S/C13H18O2S/c1-4-16-11-7-5-10(6-8-11)13(15)12(14)9(2)3/h5-9,13,15H,4H2,1-3H3. The highest BCUT2D eigenvalue weighted by Gasteiger charge is 2.19. The van der Waals surface area contributed by atoms with Gasteiger partial charge in [0.15, 0.2) is 5.78 Å². The van der Waals surface area contributed by atoms with Crippen molar-refractivity contribution in [2.24, 2.45) is 5.92 Å². The van der Waals surface area contributed by atoms with E-state index in [2.05, 4.69) is 6.92 Å². The summed E-state index contributed by atoms with van der Waals surface area (Å²) in [7, 11) is 0. The maximum Gasteiger partial charge on any atom is 0.168 e. The van der Waals surface area contributed by atoms with Crippen LogP contribution in [0, 0.1) is 5.92 Å². The van der Waals surface area contributed by atoms with Crippen LogP contribution >= 0.6 is 11.8 Å². The second kappa shape index (κ2) is 6.06. The molecule has 0 heterocycles. The predicted molar refractivity (Wildman–Crippen MR) is 67.6 cm³/mol.